The molecule has 0 aromatic heterocycles. The van der Waals surface area contributed by atoms with E-state index in [0.717, 1.165) is 5.56 Å². The van der Waals surface area contributed by atoms with E-state index < -0.39 is 64.4 Å². The molecule has 3 aliphatic carbocycles. The highest BCUT2D eigenvalue weighted by atomic mass is 16.7. The number of primary amides is 1. The van der Waals surface area contributed by atoms with Crippen LogP contribution in [0.5, 0.6) is 5.75 Å². The van der Waals surface area contributed by atoms with Gasteiger partial charge in [-0.3, -0.25) is 28.9 Å². The van der Waals surface area contributed by atoms with Crippen LogP contribution in [0.1, 0.15) is 27.9 Å². The van der Waals surface area contributed by atoms with Gasteiger partial charge in [-0.2, -0.15) is 5.06 Å². The molecule has 0 aliphatic heterocycles. The number of aliphatic hydroxyl groups is 1. The molecular weight excluding hydrogens is 458 g/mol. The van der Waals surface area contributed by atoms with Gasteiger partial charge >= 0.3 is 0 Å². The third kappa shape index (κ3) is 3.53. The molecule has 2 saturated carbocycles. The number of carbonyl (C=O) groups excluding carboxylic acids is 5. The lowest BCUT2D eigenvalue weighted by molar-refractivity contribution is -0.181. The normalized spacial score (nSPS) is 32.5. The molecule has 0 spiro atoms. The Morgan fingerprint density at radius 2 is 1.83 bits per heavy atom. The number of aromatic hydroxyl groups is 1. The first-order valence-electron chi connectivity index (χ1n) is 11.3. The lowest BCUT2D eigenvalue weighted by atomic mass is 9.52. The highest BCUT2D eigenvalue weighted by molar-refractivity contribution is 6.32. The topological polar surface area (TPSA) is 168 Å². The second-order valence-electron chi connectivity index (χ2n) is 9.86. The number of hydrogen-bond donors (Lipinski definition) is 3. The molecule has 11 heteroatoms. The number of ketones is 4. The van der Waals surface area contributed by atoms with Crippen molar-refractivity contribution in [3.8, 4) is 5.75 Å². The molecule has 1 aromatic carbocycles. The van der Waals surface area contributed by atoms with Crippen LogP contribution in [0.15, 0.2) is 12.1 Å². The van der Waals surface area contributed by atoms with Crippen LogP contribution < -0.4 is 5.73 Å². The first-order valence-corrected chi connectivity index (χ1v) is 11.3. The number of hydrogen-bond acceptors (Lipinski definition) is 10. The fourth-order valence-electron chi connectivity index (χ4n) is 6.12. The van der Waals surface area contributed by atoms with Crippen molar-refractivity contribution in [2.75, 3.05) is 28.3 Å². The van der Waals surface area contributed by atoms with Crippen molar-refractivity contribution in [3.63, 3.8) is 0 Å². The standard InChI is InChI=1S/C24H29N3O8/c1-26(2)18-13-8-11-7-12-10(9-27(3)35-4)5-6-14(28)16(12)19(29)15(11)21(31)24(13,34)22(32)17(20(18)30)23(25)33/h5-6,11,13,15,17-18,28,34H,7-9H2,1-4H3,(H2,25,33)/t11-,13-,15?,17?,18?,24-/m0/s1. The van der Waals surface area contributed by atoms with Gasteiger partial charge in [-0.1, -0.05) is 6.07 Å². The van der Waals surface area contributed by atoms with E-state index in [1.807, 2.05) is 0 Å². The van der Waals surface area contributed by atoms with Gasteiger partial charge in [-0.15, -0.1) is 0 Å². The summed E-state index contributed by atoms with van der Waals surface area (Å²) in [6.07, 6.45) is 0.228. The molecule has 0 radical (unpaired) electrons. The molecule has 4 N–H and O–H groups in total. The highest BCUT2D eigenvalue weighted by Gasteiger charge is 2.69. The van der Waals surface area contributed by atoms with Gasteiger partial charge in [0.1, 0.15) is 5.75 Å². The zero-order valence-electron chi connectivity index (χ0n) is 20.0. The fourth-order valence-corrected chi connectivity index (χ4v) is 6.12. The van der Waals surface area contributed by atoms with Crippen molar-refractivity contribution in [1.29, 1.82) is 0 Å². The summed E-state index contributed by atoms with van der Waals surface area (Å²) < 4.78 is 0. The fraction of sp³-hybridized carbons (Fsp3) is 0.542. The molecule has 35 heavy (non-hydrogen) atoms. The summed E-state index contributed by atoms with van der Waals surface area (Å²) in [4.78, 5) is 72.3. The Bertz CT molecular complexity index is 1150. The third-order valence-electron chi connectivity index (χ3n) is 7.75. The molecule has 1 aromatic rings. The zero-order valence-corrected chi connectivity index (χ0v) is 20.0. The molecule has 0 saturated heterocycles. The van der Waals surface area contributed by atoms with Crippen LogP contribution in [-0.2, 0) is 37.0 Å². The van der Waals surface area contributed by atoms with Gasteiger partial charge in [0.2, 0.25) is 5.91 Å². The number of amides is 1. The number of hydroxylamine groups is 2. The SMILES string of the molecule is CON(C)Cc1ccc(O)c2c1C[C@H]1C[C@H]3C(N(C)C)C(=O)C(C(N)=O)C(=O)[C@@]3(O)C(=O)C1C2=O. The van der Waals surface area contributed by atoms with E-state index in [0.29, 0.717) is 12.1 Å². The van der Waals surface area contributed by atoms with Crippen LogP contribution in [0.3, 0.4) is 0 Å². The predicted molar refractivity (Wildman–Crippen MR) is 120 cm³/mol. The van der Waals surface area contributed by atoms with E-state index in [1.54, 1.807) is 32.3 Å². The number of benzene rings is 1. The highest BCUT2D eigenvalue weighted by Crippen LogP contribution is 2.51. The number of phenols is 1. The summed E-state index contributed by atoms with van der Waals surface area (Å²) in [5, 5.41) is 23.6. The van der Waals surface area contributed by atoms with Crippen molar-refractivity contribution >= 4 is 29.0 Å². The van der Waals surface area contributed by atoms with Crippen LogP contribution >= 0.6 is 0 Å². The van der Waals surface area contributed by atoms with E-state index in [1.165, 1.54) is 18.1 Å². The molecule has 0 heterocycles. The van der Waals surface area contributed by atoms with E-state index in [4.69, 9.17) is 10.6 Å². The third-order valence-corrected chi connectivity index (χ3v) is 7.75. The van der Waals surface area contributed by atoms with Crippen molar-refractivity contribution < 1.29 is 39.0 Å². The Morgan fingerprint density at radius 3 is 2.40 bits per heavy atom. The lowest BCUT2D eigenvalue weighted by Gasteiger charge is -2.52. The minimum atomic E-state index is -2.72. The molecule has 1 amide bonds. The van der Waals surface area contributed by atoms with Crippen molar-refractivity contribution in [3.05, 3.63) is 28.8 Å². The summed E-state index contributed by atoms with van der Waals surface area (Å²) in [5.41, 5.74) is 3.84. The second-order valence-corrected chi connectivity index (χ2v) is 9.86. The maximum Gasteiger partial charge on any atom is 0.235 e. The number of fused-ring (bicyclic) bond motifs is 3. The molecular formula is C24H29N3O8. The monoisotopic (exact) mass is 487 g/mol. The van der Waals surface area contributed by atoms with E-state index >= 15 is 0 Å². The Balaban J connectivity index is 1.85. The molecule has 6 atom stereocenters. The maximum atomic E-state index is 13.7. The smallest absolute Gasteiger partial charge is 0.235 e. The van der Waals surface area contributed by atoms with Gasteiger partial charge in [0, 0.05) is 19.5 Å². The van der Waals surface area contributed by atoms with Crippen LogP contribution in [0.2, 0.25) is 0 Å². The molecule has 3 aliphatic rings. The Labute approximate surface area is 201 Å². The van der Waals surface area contributed by atoms with Crippen molar-refractivity contribution in [2.45, 2.75) is 31.0 Å². The molecule has 11 nitrogen and oxygen atoms in total. The van der Waals surface area contributed by atoms with Crippen molar-refractivity contribution in [2.24, 2.45) is 29.4 Å². The summed E-state index contributed by atoms with van der Waals surface area (Å²) in [6.45, 7) is 0.308. The molecule has 3 unspecified atom stereocenters. The number of likely N-dealkylation sites (N-methyl/N-ethyl adjacent to an activating group) is 1. The average molecular weight is 488 g/mol. The Hall–Kier alpha value is -2.99. The van der Waals surface area contributed by atoms with Crippen LogP contribution in [0, 0.1) is 23.7 Å². The summed E-state index contributed by atoms with van der Waals surface area (Å²) >= 11 is 0. The number of rotatable bonds is 5. The Morgan fingerprint density at radius 1 is 1.17 bits per heavy atom. The summed E-state index contributed by atoms with van der Waals surface area (Å²) in [6, 6.07) is 1.90. The van der Waals surface area contributed by atoms with Crippen LogP contribution in [-0.4, -0.2) is 89.1 Å². The first-order chi connectivity index (χ1) is 16.4. The molecule has 188 valence electrons. The van der Waals surface area contributed by atoms with E-state index in [2.05, 4.69) is 0 Å². The van der Waals surface area contributed by atoms with Gasteiger partial charge in [0.05, 0.1) is 24.6 Å². The number of nitrogens with zero attached hydrogens (tertiary/aromatic N) is 2. The minimum Gasteiger partial charge on any atom is -0.507 e. The van der Waals surface area contributed by atoms with Crippen LogP contribution in [0.4, 0.5) is 0 Å². The molecule has 2 fully saturated rings. The zero-order chi connectivity index (χ0) is 26.0. The number of nitrogens with two attached hydrogens (primary N) is 1. The lowest BCUT2D eigenvalue weighted by Crippen LogP contribution is -2.74. The maximum absolute atomic E-state index is 13.7. The average Bonchev–Trinajstić information content (AvgIpc) is 2.77. The number of carbonyl (C=O) groups is 5. The quantitative estimate of drug-likeness (QED) is 0.341. The van der Waals surface area contributed by atoms with Gasteiger partial charge < -0.3 is 20.8 Å². The van der Waals surface area contributed by atoms with E-state index in [9.17, 15) is 34.2 Å². The summed E-state index contributed by atoms with van der Waals surface area (Å²) in [5.74, 6) is -10.5. The minimum absolute atomic E-state index is 0.0130. The van der Waals surface area contributed by atoms with Gasteiger partial charge in [0.25, 0.3) is 0 Å². The van der Waals surface area contributed by atoms with Gasteiger partial charge in [0.15, 0.2) is 34.7 Å². The second kappa shape index (κ2) is 8.59. The van der Waals surface area contributed by atoms with Crippen LogP contribution in [0.25, 0.3) is 0 Å². The van der Waals surface area contributed by atoms with Gasteiger partial charge in [-0.25, -0.2) is 0 Å². The first kappa shape index (κ1) is 25.1. The summed E-state index contributed by atoms with van der Waals surface area (Å²) in [7, 11) is 6.29. The Kier molecular flexibility index (Phi) is 6.17. The number of Topliss-reactive ketones (excluding diaryl/α,β-unsaturated/α-hetero) is 4. The predicted octanol–water partition coefficient (Wildman–Crippen LogP) is -1.14. The largest absolute Gasteiger partial charge is 0.507 e. The number of phenolic OH excluding ortho intramolecular Hbond substituents is 1. The molecule has 0 bridgehead atoms. The molecule has 4 rings (SSSR count). The van der Waals surface area contributed by atoms with Gasteiger partial charge in [-0.05, 0) is 50.0 Å². The van der Waals surface area contributed by atoms with E-state index in [-0.39, 0.29) is 24.2 Å². The van der Waals surface area contributed by atoms with Crippen molar-refractivity contribution in [1.82, 2.24) is 9.96 Å².